The van der Waals surface area contributed by atoms with Gasteiger partial charge in [-0.2, -0.15) is 0 Å². The van der Waals surface area contributed by atoms with Gasteiger partial charge in [0.05, 0.1) is 6.61 Å². The van der Waals surface area contributed by atoms with E-state index in [0.29, 0.717) is 31.3 Å². The molecule has 1 heterocycles. The molecular formula is C71H136N2O3. The van der Waals surface area contributed by atoms with E-state index in [1.54, 1.807) is 11.1 Å². The molecule has 448 valence electrons. The molecule has 1 amide bonds. The van der Waals surface area contributed by atoms with Crippen LogP contribution in [0.2, 0.25) is 0 Å². The number of likely N-dealkylation sites (tertiary alicyclic amines) is 1. The van der Waals surface area contributed by atoms with Crippen molar-refractivity contribution in [1.82, 2.24) is 9.80 Å². The monoisotopic (exact) mass is 1070 g/mol. The summed E-state index contributed by atoms with van der Waals surface area (Å²) in [5, 5.41) is 0. The van der Waals surface area contributed by atoms with Gasteiger partial charge in [-0.1, -0.05) is 276 Å². The van der Waals surface area contributed by atoms with Crippen LogP contribution in [0.5, 0.6) is 0 Å². The van der Waals surface area contributed by atoms with Gasteiger partial charge >= 0.3 is 5.97 Å². The molecule has 1 fully saturated rings. The molecule has 0 bridgehead atoms. The van der Waals surface area contributed by atoms with Crippen molar-refractivity contribution in [1.29, 1.82) is 0 Å². The van der Waals surface area contributed by atoms with Crippen LogP contribution in [-0.2, 0) is 14.3 Å². The fourth-order valence-corrected chi connectivity index (χ4v) is 12.0. The minimum Gasteiger partial charge on any atom is -0.466 e. The average molecular weight is 1070 g/mol. The first-order valence-corrected chi connectivity index (χ1v) is 35.0. The SMILES string of the molecule is CCCCCCCCCCCCCC/C(=C\CCCCC(=O)OCCCCCCCC)CCCC1CCCN(C(=O)C/C=C(\CCCCCCCCC)CCCN(CCCCCCCCC)CCCCCCCCC)C1. The highest BCUT2D eigenvalue weighted by atomic mass is 16.5. The van der Waals surface area contributed by atoms with Gasteiger partial charge in [-0.25, -0.2) is 0 Å². The molecule has 0 radical (unpaired) electrons. The van der Waals surface area contributed by atoms with Crippen molar-refractivity contribution in [3.8, 4) is 0 Å². The molecule has 76 heavy (non-hydrogen) atoms. The number of amides is 1. The fraction of sp³-hybridized carbons (Fsp3) is 0.915. The first-order chi connectivity index (χ1) is 37.5. The maximum atomic E-state index is 14.0. The number of nitrogens with zero attached hydrogens (tertiary/aromatic N) is 2. The fourth-order valence-electron chi connectivity index (χ4n) is 12.0. The first-order valence-electron chi connectivity index (χ1n) is 35.0. The second-order valence-electron chi connectivity index (χ2n) is 24.6. The van der Waals surface area contributed by atoms with Gasteiger partial charge in [-0.3, -0.25) is 9.59 Å². The summed E-state index contributed by atoms with van der Waals surface area (Å²) in [6.07, 6.45) is 72.9. The highest BCUT2D eigenvalue weighted by molar-refractivity contribution is 5.78. The maximum Gasteiger partial charge on any atom is 0.305 e. The summed E-state index contributed by atoms with van der Waals surface area (Å²) in [5.41, 5.74) is 3.22. The molecule has 0 N–H and O–H groups in total. The normalized spacial score (nSPS) is 14.4. The second kappa shape index (κ2) is 58.0. The van der Waals surface area contributed by atoms with Gasteiger partial charge in [0.15, 0.2) is 0 Å². The molecule has 1 aliphatic rings. The number of carbonyl (C=O) groups is 2. The summed E-state index contributed by atoms with van der Waals surface area (Å²) in [4.78, 5) is 31.5. The molecule has 1 saturated heterocycles. The molecule has 1 atom stereocenters. The van der Waals surface area contributed by atoms with Crippen LogP contribution >= 0.6 is 0 Å². The van der Waals surface area contributed by atoms with Crippen molar-refractivity contribution in [3.63, 3.8) is 0 Å². The van der Waals surface area contributed by atoms with Crippen LogP contribution in [0.4, 0.5) is 0 Å². The van der Waals surface area contributed by atoms with Crippen molar-refractivity contribution in [3.05, 3.63) is 23.3 Å². The van der Waals surface area contributed by atoms with Crippen molar-refractivity contribution < 1.29 is 14.3 Å². The zero-order chi connectivity index (χ0) is 54.9. The highest BCUT2D eigenvalue weighted by Crippen LogP contribution is 2.27. The Morgan fingerprint density at radius 3 is 1.29 bits per heavy atom. The minimum absolute atomic E-state index is 0.00514. The summed E-state index contributed by atoms with van der Waals surface area (Å²) < 4.78 is 5.57. The number of piperidine rings is 1. The predicted octanol–water partition coefficient (Wildman–Crippen LogP) is 22.9. The van der Waals surface area contributed by atoms with Gasteiger partial charge < -0.3 is 14.5 Å². The standard InChI is InChI=1S/C71H136N2O3/c1-6-11-16-21-26-27-28-29-30-32-36-41-51-67(52-43-40-44-58-71(75)76-65-47-39-25-20-15-10-5)54-48-55-69-57-50-64-73(66-69)70(74)60-59-68(53-42-35-31-22-17-12-7-2)56-49-63-72(61-45-37-33-23-18-13-8-3)62-46-38-34-24-19-14-9-4/h52,59,69H,6-51,53-58,60-66H2,1-5H3/b67-52+,68-59+. The van der Waals surface area contributed by atoms with Crippen LogP contribution in [0.25, 0.3) is 0 Å². The summed E-state index contributed by atoms with van der Waals surface area (Å²) in [6, 6.07) is 0. The topological polar surface area (TPSA) is 49.9 Å². The smallest absolute Gasteiger partial charge is 0.305 e. The molecule has 1 aliphatic heterocycles. The summed E-state index contributed by atoms with van der Waals surface area (Å²) in [7, 11) is 0. The van der Waals surface area contributed by atoms with Crippen molar-refractivity contribution >= 4 is 11.9 Å². The van der Waals surface area contributed by atoms with Crippen LogP contribution in [0, 0.1) is 5.92 Å². The Morgan fingerprint density at radius 2 is 0.803 bits per heavy atom. The molecule has 0 saturated carbocycles. The molecule has 0 aromatic rings. The van der Waals surface area contributed by atoms with Crippen molar-refractivity contribution in [2.75, 3.05) is 39.3 Å². The Labute approximate surface area is 477 Å². The lowest BCUT2D eigenvalue weighted by molar-refractivity contribution is -0.144. The third kappa shape index (κ3) is 48.3. The Hall–Kier alpha value is -1.62. The van der Waals surface area contributed by atoms with E-state index in [1.807, 2.05) is 0 Å². The molecule has 5 heteroatoms. The Balaban J connectivity index is 2.79. The van der Waals surface area contributed by atoms with E-state index < -0.39 is 0 Å². The first kappa shape index (κ1) is 72.4. The van der Waals surface area contributed by atoms with Crippen molar-refractivity contribution in [2.24, 2.45) is 5.92 Å². The zero-order valence-corrected chi connectivity index (χ0v) is 52.6. The van der Waals surface area contributed by atoms with E-state index in [-0.39, 0.29) is 5.97 Å². The third-order valence-corrected chi connectivity index (χ3v) is 17.2. The van der Waals surface area contributed by atoms with Crippen LogP contribution in [-0.4, -0.2) is 61.0 Å². The lowest BCUT2D eigenvalue weighted by Crippen LogP contribution is -2.39. The Morgan fingerprint density at radius 1 is 0.421 bits per heavy atom. The third-order valence-electron chi connectivity index (χ3n) is 17.2. The number of allylic oxidation sites excluding steroid dienone is 3. The number of unbranched alkanes of at least 4 members (excludes halogenated alkanes) is 36. The number of hydrogen-bond donors (Lipinski definition) is 0. The van der Waals surface area contributed by atoms with Gasteiger partial charge in [0, 0.05) is 25.9 Å². The van der Waals surface area contributed by atoms with E-state index in [1.165, 1.54) is 309 Å². The molecule has 0 aromatic carbocycles. The molecule has 1 rings (SSSR count). The Bertz CT molecular complexity index is 1270. The number of ether oxygens (including phenoxy) is 1. The van der Waals surface area contributed by atoms with E-state index in [2.05, 4.69) is 56.6 Å². The Kier molecular flexibility index (Phi) is 55.3. The lowest BCUT2D eigenvalue weighted by atomic mass is 9.90. The number of esters is 1. The molecular weight excluding hydrogens is 929 g/mol. The second-order valence-corrected chi connectivity index (χ2v) is 24.6. The molecule has 1 unspecified atom stereocenters. The van der Waals surface area contributed by atoms with Crippen molar-refractivity contribution in [2.45, 2.75) is 375 Å². The highest BCUT2D eigenvalue weighted by Gasteiger charge is 2.23. The van der Waals surface area contributed by atoms with Gasteiger partial charge in [-0.15, -0.1) is 0 Å². The van der Waals surface area contributed by atoms with Crippen LogP contribution in [0.1, 0.15) is 375 Å². The van der Waals surface area contributed by atoms with Crippen LogP contribution in [0.3, 0.4) is 0 Å². The predicted molar refractivity (Wildman–Crippen MR) is 337 cm³/mol. The quantitative estimate of drug-likeness (QED) is 0.0346. The molecule has 0 aliphatic carbocycles. The maximum absolute atomic E-state index is 14.0. The minimum atomic E-state index is -0.00514. The number of rotatable bonds is 59. The van der Waals surface area contributed by atoms with Crippen LogP contribution in [0.15, 0.2) is 23.3 Å². The molecule has 0 spiro atoms. The molecule has 5 nitrogen and oxygen atoms in total. The number of hydrogen-bond acceptors (Lipinski definition) is 4. The molecule has 0 aromatic heterocycles. The lowest BCUT2D eigenvalue weighted by Gasteiger charge is -2.33. The largest absolute Gasteiger partial charge is 0.466 e. The van der Waals surface area contributed by atoms with E-state index in [9.17, 15) is 9.59 Å². The zero-order valence-electron chi connectivity index (χ0n) is 52.6. The van der Waals surface area contributed by atoms with E-state index in [0.717, 1.165) is 51.6 Å². The summed E-state index contributed by atoms with van der Waals surface area (Å²) >= 11 is 0. The van der Waals surface area contributed by atoms with Gasteiger partial charge in [0.25, 0.3) is 0 Å². The van der Waals surface area contributed by atoms with E-state index in [4.69, 9.17) is 4.74 Å². The van der Waals surface area contributed by atoms with Gasteiger partial charge in [0.1, 0.15) is 0 Å². The summed E-state index contributed by atoms with van der Waals surface area (Å²) in [5.74, 6) is 0.998. The van der Waals surface area contributed by atoms with E-state index >= 15 is 0 Å². The van der Waals surface area contributed by atoms with Gasteiger partial charge in [0.2, 0.25) is 5.91 Å². The number of carbonyl (C=O) groups excluding carboxylic acids is 2. The van der Waals surface area contributed by atoms with Gasteiger partial charge in [-0.05, 0) is 135 Å². The average Bonchev–Trinajstić information content (AvgIpc) is 3.43. The van der Waals surface area contributed by atoms with Crippen LogP contribution < -0.4 is 0 Å². The summed E-state index contributed by atoms with van der Waals surface area (Å²) in [6.45, 7) is 17.8.